The van der Waals surface area contributed by atoms with Crippen molar-refractivity contribution in [3.8, 4) is 0 Å². The summed E-state index contributed by atoms with van der Waals surface area (Å²) >= 11 is 0. The lowest BCUT2D eigenvalue weighted by atomic mass is 10.1. The molecule has 0 spiro atoms. The van der Waals surface area contributed by atoms with Crippen LogP contribution in [0.5, 0.6) is 0 Å². The average molecular weight is 281 g/mol. The van der Waals surface area contributed by atoms with Gasteiger partial charge in [-0.05, 0) is 12.8 Å². The number of hydrogen-bond donors (Lipinski definition) is 3. The summed E-state index contributed by atoms with van der Waals surface area (Å²) in [6.07, 6.45) is 5.17. The Balaban J connectivity index is 1.97. The second kappa shape index (κ2) is 6.51. The highest BCUT2D eigenvalue weighted by molar-refractivity contribution is 5.76. The van der Waals surface area contributed by atoms with Crippen LogP contribution in [0.4, 0.5) is 0 Å². The fourth-order valence-corrected chi connectivity index (χ4v) is 2.43. The molecule has 2 rings (SSSR count). The standard InChI is InChI=1S/C13H19N3O4/c17-10-5-3-1-2-4-9(10)14-12(19)8-16-7-6-11(18)15-13(16)20/h6-7,9-10,17H,1-5,8H2,(H,14,19)(H,15,18,20). The molecule has 0 aliphatic heterocycles. The van der Waals surface area contributed by atoms with E-state index in [1.54, 1.807) is 0 Å². The van der Waals surface area contributed by atoms with Crippen LogP contribution in [0.3, 0.4) is 0 Å². The highest BCUT2D eigenvalue weighted by Crippen LogP contribution is 2.17. The predicted octanol–water partition coefficient (Wildman–Crippen LogP) is -0.654. The van der Waals surface area contributed by atoms with Crippen molar-refractivity contribution in [2.45, 2.75) is 50.8 Å². The quantitative estimate of drug-likeness (QED) is 0.640. The van der Waals surface area contributed by atoms with Crippen LogP contribution in [0.25, 0.3) is 0 Å². The lowest BCUT2D eigenvalue weighted by Crippen LogP contribution is -2.45. The van der Waals surface area contributed by atoms with Gasteiger partial charge in [-0.2, -0.15) is 0 Å². The number of nitrogens with one attached hydrogen (secondary N) is 2. The van der Waals surface area contributed by atoms with E-state index in [-0.39, 0.29) is 18.5 Å². The van der Waals surface area contributed by atoms with Gasteiger partial charge >= 0.3 is 5.69 Å². The summed E-state index contributed by atoms with van der Waals surface area (Å²) in [5.41, 5.74) is -1.11. The third-order valence-electron chi connectivity index (χ3n) is 3.54. The minimum absolute atomic E-state index is 0.168. The molecule has 110 valence electrons. The van der Waals surface area contributed by atoms with E-state index < -0.39 is 17.4 Å². The van der Waals surface area contributed by atoms with Crippen LogP contribution in [0.2, 0.25) is 0 Å². The highest BCUT2D eigenvalue weighted by Gasteiger charge is 2.23. The van der Waals surface area contributed by atoms with Gasteiger partial charge < -0.3 is 10.4 Å². The monoisotopic (exact) mass is 281 g/mol. The Bertz CT molecular complexity index is 577. The summed E-state index contributed by atoms with van der Waals surface area (Å²) in [6.45, 7) is -0.168. The largest absolute Gasteiger partial charge is 0.391 e. The molecule has 1 heterocycles. The van der Waals surface area contributed by atoms with E-state index in [2.05, 4.69) is 10.3 Å². The number of carbonyl (C=O) groups is 1. The first kappa shape index (κ1) is 14.5. The molecule has 1 aliphatic carbocycles. The Morgan fingerprint density at radius 1 is 1.35 bits per heavy atom. The van der Waals surface area contributed by atoms with Gasteiger partial charge in [0.05, 0.1) is 12.1 Å². The lowest BCUT2D eigenvalue weighted by Gasteiger charge is -2.21. The van der Waals surface area contributed by atoms with Crippen molar-refractivity contribution in [1.29, 1.82) is 0 Å². The van der Waals surface area contributed by atoms with Gasteiger partial charge in [0.25, 0.3) is 5.56 Å². The fraction of sp³-hybridized carbons (Fsp3) is 0.615. The number of H-pyrrole nitrogens is 1. The number of aliphatic hydroxyl groups is 1. The molecule has 0 saturated heterocycles. The van der Waals surface area contributed by atoms with E-state index in [1.807, 2.05) is 0 Å². The first-order chi connectivity index (χ1) is 9.56. The summed E-state index contributed by atoms with van der Waals surface area (Å²) in [6, 6.07) is 0.929. The van der Waals surface area contributed by atoms with Crippen molar-refractivity contribution in [2.75, 3.05) is 0 Å². The normalized spacial score (nSPS) is 23.1. The molecule has 0 radical (unpaired) electrons. The van der Waals surface area contributed by atoms with E-state index in [9.17, 15) is 19.5 Å². The molecule has 2 atom stereocenters. The zero-order valence-electron chi connectivity index (χ0n) is 11.2. The van der Waals surface area contributed by atoms with E-state index >= 15 is 0 Å². The molecule has 20 heavy (non-hydrogen) atoms. The Morgan fingerprint density at radius 2 is 2.10 bits per heavy atom. The first-order valence-electron chi connectivity index (χ1n) is 6.83. The molecular formula is C13H19N3O4. The first-order valence-corrected chi connectivity index (χ1v) is 6.83. The molecular weight excluding hydrogens is 262 g/mol. The van der Waals surface area contributed by atoms with Gasteiger partial charge in [-0.3, -0.25) is 19.1 Å². The number of rotatable bonds is 3. The Labute approximate surface area is 115 Å². The van der Waals surface area contributed by atoms with Gasteiger partial charge in [0.15, 0.2) is 0 Å². The number of nitrogens with zero attached hydrogens (tertiary/aromatic N) is 1. The lowest BCUT2D eigenvalue weighted by molar-refractivity contribution is -0.123. The third-order valence-corrected chi connectivity index (χ3v) is 3.54. The molecule has 1 aromatic heterocycles. The van der Waals surface area contributed by atoms with Crippen molar-refractivity contribution < 1.29 is 9.90 Å². The van der Waals surface area contributed by atoms with Crippen LogP contribution in [0.1, 0.15) is 32.1 Å². The summed E-state index contributed by atoms with van der Waals surface area (Å²) in [5, 5.41) is 12.7. The number of hydrogen-bond acceptors (Lipinski definition) is 4. The zero-order valence-corrected chi connectivity index (χ0v) is 11.2. The Morgan fingerprint density at radius 3 is 2.85 bits per heavy atom. The van der Waals surface area contributed by atoms with Gasteiger partial charge in [0.2, 0.25) is 5.91 Å². The maximum Gasteiger partial charge on any atom is 0.328 e. The second-order valence-electron chi connectivity index (χ2n) is 5.12. The molecule has 1 aromatic rings. The molecule has 7 heteroatoms. The van der Waals surface area contributed by atoms with Gasteiger partial charge in [-0.1, -0.05) is 19.3 Å². The van der Waals surface area contributed by atoms with E-state index in [1.165, 1.54) is 12.3 Å². The molecule has 7 nitrogen and oxygen atoms in total. The highest BCUT2D eigenvalue weighted by atomic mass is 16.3. The minimum Gasteiger partial charge on any atom is -0.391 e. The number of aromatic nitrogens is 2. The summed E-state index contributed by atoms with van der Waals surface area (Å²) < 4.78 is 1.12. The summed E-state index contributed by atoms with van der Waals surface area (Å²) in [5.74, 6) is -0.343. The van der Waals surface area contributed by atoms with Crippen LogP contribution in [-0.4, -0.2) is 32.7 Å². The van der Waals surface area contributed by atoms with Gasteiger partial charge in [0.1, 0.15) is 6.54 Å². The number of aliphatic hydroxyl groups excluding tert-OH is 1. The molecule has 2 unspecified atom stereocenters. The van der Waals surface area contributed by atoms with Gasteiger partial charge in [-0.25, -0.2) is 4.79 Å². The molecule has 1 aliphatic rings. The molecule has 0 aromatic carbocycles. The second-order valence-corrected chi connectivity index (χ2v) is 5.12. The average Bonchev–Trinajstić information content (AvgIpc) is 2.59. The van der Waals surface area contributed by atoms with Crippen molar-refractivity contribution in [2.24, 2.45) is 0 Å². The Kier molecular flexibility index (Phi) is 4.73. The predicted molar refractivity (Wildman–Crippen MR) is 72.3 cm³/mol. The summed E-state index contributed by atoms with van der Waals surface area (Å²) in [4.78, 5) is 36.4. The zero-order chi connectivity index (χ0) is 14.5. The summed E-state index contributed by atoms with van der Waals surface area (Å²) in [7, 11) is 0. The van der Waals surface area contributed by atoms with Crippen molar-refractivity contribution in [1.82, 2.24) is 14.9 Å². The van der Waals surface area contributed by atoms with Crippen molar-refractivity contribution >= 4 is 5.91 Å². The van der Waals surface area contributed by atoms with Crippen LogP contribution in [-0.2, 0) is 11.3 Å². The molecule has 1 saturated carbocycles. The smallest absolute Gasteiger partial charge is 0.328 e. The molecule has 3 N–H and O–H groups in total. The third kappa shape index (κ3) is 3.80. The van der Waals surface area contributed by atoms with Crippen LogP contribution in [0, 0.1) is 0 Å². The maximum absolute atomic E-state index is 11.9. The van der Waals surface area contributed by atoms with Gasteiger partial charge in [-0.15, -0.1) is 0 Å². The van der Waals surface area contributed by atoms with Crippen molar-refractivity contribution in [3.63, 3.8) is 0 Å². The van der Waals surface area contributed by atoms with E-state index in [0.29, 0.717) is 6.42 Å². The minimum atomic E-state index is -0.617. The molecule has 0 bridgehead atoms. The fourth-order valence-electron chi connectivity index (χ4n) is 2.43. The van der Waals surface area contributed by atoms with E-state index in [0.717, 1.165) is 30.3 Å². The topological polar surface area (TPSA) is 104 Å². The van der Waals surface area contributed by atoms with E-state index in [4.69, 9.17) is 0 Å². The number of amides is 1. The van der Waals surface area contributed by atoms with Crippen LogP contribution >= 0.6 is 0 Å². The molecule has 1 amide bonds. The maximum atomic E-state index is 11.9. The van der Waals surface area contributed by atoms with Crippen molar-refractivity contribution in [3.05, 3.63) is 33.1 Å². The van der Waals surface area contributed by atoms with Crippen LogP contribution in [0.15, 0.2) is 21.9 Å². The van der Waals surface area contributed by atoms with Crippen LogP contribution < -0.4 is 16.6 Å². The number of aromatic amines is 1. The number of carbonyl (C=O) groups excluding carboxylic acids is 1. The molecule has 1 fully saturated rings. The van der Waals surface area contributed by atoms with Gasteiger partial charge in [0, 0.05) is 12.3 Å². The SMILES string of the molecule is O=C(Cn1ccc(=O)[nH]c1=O)NC1CCCCCC1O. The Hall–Kier alpha value is -1.89.